The van der Waals surface area contributed by atoms with Crippen LogP contribution in [0.5, 0.6) is 5.75 Å². The van der Waals surface area contributed by atoms with Crippen molar-refractivity contribution in [3.8, 4) is 5.75 Å². The lowest BCUT2D eigenvalue weighted by Crippen LogP contribution is -2.55. The van der Waals surface area contributed by atoms with Crippen molar-refractivity contribution in [2.75, 3.05) is 43.9 Å². The topological polar surface area (TPSA) is 41.7 Å². The summed E-state index contributed by atoms with van der Waals surface area (Å²) in [7, 11) is 1.48. The minimum Gasteiger partial charge on any atom is -0.494 e. The Labute approximate surface area is 119 Å². The lowest BCUT2D eigenvalue weighted by Gasteiger charge is -2.45. The minimum absolute atomic E-state index is 0.264. The van der Waals surface area contributed by atoms with E-state index in [-0.39, 0.29) is 5.75 Å². The monoisotopic (exact) mass is 279 g/mol. The summed E-state index contributed by atoms with van der Waals surface area (Å²) in [6.45, 7) is 4.18. The molecule has 2 aliphatic heterocycles. The Morgan fingerprint density at radius 2 is 2.10 bits per heavy atom. The second-order valence-corrected chi connectivity index (χ2v) is 5.68. The standard InChI is InChI=1S/C15H22FN3O/c1-20-15-9-14(13(17)8-12(15)16)19-7-6-18-5-3-2-4-11(18)10-19/h8-9,11H,2-7,10,17H2,1H3. The maximum atomic E-state index is 13.6. The quantitative estimate of drug-likeness (QED) is 0.842. The van der Waals surface area contributed by atoms with Crippen LogP contribution in [-0.4, -0.2) is 44.2 Å². The van der Waals surface area contributed by atoms with Gasteiger partial charge in [-0.2, -0.15) is 0 Å². The predicted molar refractivity (Wildman–Crippen MR) is 78.8 cm³/mol. The van der Waals surface area contributed by atoms with Crippen molar-refractivity contribution in [3.05, 3.63) is 17.9 Å². The summed E-state index contributed by atoms with van der Waals surface area (Å²) in [5, 5.41) is 0. The highest BCUT2D eigenvalue weighted by atomic mass is 19.1. The minimum atomic E-state index is -0.398. The summed E-state index contributed by atoms with van der Waals surface area (Å²) in [6.07, 6.45) is 3.86. The molecule has 1 aromatic carbocycles. The number of hydrogen-bond donors (Lipinski definition) is 1. The third kappa shape index (κ3) is 2.42. The van der Waals surface area contributed by atoms with Crippen LogP contribution in [0.25, 0.3) is 0 Å². The number of benzene rings is 1. The maximum Gasteiger partial charge on any atom is 0.167 e. The van der Waals surface area contributed by atoms with Gasteiger partial charge in [0, 0.05) is 37.8 Å². The fraction of sp³-hybridized carbons (Fsp3) is 0.600. The second-order valence-electron chi connectivity index (χ2n) is 5.68. The van der Waals surface area contributed by atoms with Crippen LogP contribution in [0.15, 0.2) is 12.1 Å². The van der Waals surface area contributed by atoms with Gasteiger partial charge in [0.05, 0.1) is 18.5 Å². The van der Waals surface area contributed by atoms with Crippen LogP contribution in [0.3, 0.4) is 0 Å². The highest BCUT2D eigenvalue weighted by Crippen LogP contribution is 2.33. The van der Waals surface area contributed by atoms with E-state index >= 15 is 0 Å². The molecule has 20 heavy (non-hydrogen) atoms. The molecule has 3 rings (SSSR count). The Kier molecular flexibility index (Phi) is 3.70. The van der Waals surface area contributed by atoms with E-state index in [1.165, 1.54) is 39.0 Å². The molecular weight excluding hydrogens is 257 g/mol. The number of halogens is 1. The number of anilines is 2. The molecule has 0 aliphatic carbocycles. The van der Waals surface area contributed by atoms with Crippen molar-refractivity contribution >= 4 is 11.4 Å². The van der Waals surface area contributed by atoms with Crippen molar-refractivity contribution in [2.45, 2.75) is 25.3 Å². The van der Waals surface area contributed by atoms with Gasteiger partial charge >= 0.3 is 0 Å². The van der Waals surface area contributed by atoms with Crippen molar-refractivity contribution in [1.29, 1.82) is 0 Å². The number of rotatable bonds is 2. The molecule has 4 nitrogen and oxygen atoms in total. The molecule has 1 aromatic rings. The smallest absolute Gasteiger partial charge is 0.167 e. The first-order chi connectivity index (χ1) is 9.69. The maximum absolute atomic E-state index is 13.6. The molecule has 1 atom stereocenters. The summed E-state index contributed by atoms with van der Waals surface area (Å²) >= 11 is 0. The molecule has 0 saturated carbocycles. The number of fused-ring (bicyclic) bond motifs is 1. The number of methoxy groups -OCH3 is 1. The molecular formula is C15H22FN3O. The van der Waals surface area contributed by atoms with Gasteiger partial charge in [-0.25, -0.2) is 4.39 Å². The summed E-state index contributed by atoms with van der Waals surface area (Å²) in [6, 6.07) is 3.69. The molecule has 0 aromatic heterocycles. The first-order valence-corrected chi connectivity index (χ1v) is 7.31. The highest BCUT2D eigenvalue weighted by molar-refractivity contribution is 5.70. The Morgan fingerprint density at radius 3 is 2.90 bits per heavy atom. The van der Waals surface area contributed by atoms with Crippen LogP contribution in [0.4, 0.5) is 15.8 Å². The second kappa shape index (κ2) is 5.48. The van der Waals surface area contributed by atoms with Crippen LogP contribution in [0.1, 0.15) is 19.3 Å². The van der Waals surface area contributed by atoms with Gasteiger partial charge in [-0.15, -0.1) is 0 Å². The Hall–Kier alpha value is -1.49. The zero-order valence-electron chi connectivity index (χ0n) is 11.9. The van der Waals surface area contributed by atoms with Crippen molar-refractivity contribution in [1.82, 2.24) is 4.90 Å². The van der Waals surface area contributed by atoms with Crippen LogP contribution in [0, 0.1) is 5.82 Å². The lowest BCUT2D eigenvalue weighted by atomic mass is 9.99. The Morgan fingerprint density at radius 1 is 1.25 bits per heavy atom. The van der Waals surface area contributed by atoms with Gasteiger partial charge in [0.25, 0.3) is 0 Å². The van der Waals surface area contributed by atoms with E-state index in [9.17, 15) is 4.39 Å². The van der Waals surface area contributed by atoms with Gasteiger partial charge in [0.1, 0.15) is 0 Å². The highest BCUT2D eigenvalue weighted by Gasteiger charge is 2.29. The van der Waals surface area contributed by atoms with Crippen LogP contribution < -0.4 is 15.4 Å². The van der Waals surface area contributed by atoms with Gasteiger partial charge in [-0.1, -0.05) is 6.42 Å². The molecule has 0 spiro atoms. The first-order valence-electron chi connectivity index (χ1n) is 7.31. The SMILES string of the molecule is COc1cc(N2CCN3CCCCC3C2)c(N)cc1F. The zero-order valence-corrected chi connectivity index (χ0v) is 11.9. The number of hydrogen-bond acceptors (Lipinski definition) is 4. The molecule has 2 aliphatic rings. The van der Waals surface area contributed by atoms with E-state index in [4.69, 9.17) is 10.5 Å². The zero-order chi connectivity index (χ0) is 14.1. The largest absolute Gasteiger partial charge is 0.494 e. The molecule has 2 fully saturated rings. The van der Waals surface area contributed by atoms with Crippen molar-refractivity contribution in [3.63, 3.8) is 0 Å². The first kappa shape index (κ1) is 13.5. The van der Waals surface area contributed by atoms with Gasteiger partial charge in [0.15, 0.2) is 11.6 Å². The van der Waals surface area contributed by atoms with Crippen LogP contribution >= 0.6 is 0 Å². The predicted octanol–water partition coefficient (Wildman–Crippen LogP) is 2.09. The number of nitrogens with two attached hydrogens (primary N) is 1. The molecule has 0 amide bonds. The average molecular weight is 279 g/mol. The van der Waals surface area contributed by atoms with Gasteiger partial charge in [0.2, 0.25) is 0 Å². The van der Waals surface area contributed by atoms with E-state index in [1.807, 2.05) is 0 Å². The van der Waals surface area contributed by atoms with Gasteiger partial charge in [-0.3, -0.25) is 4.90 Å². The molecule has 2 N–H and O–H groups in total. The van der Waals surface area contributed by atoms with E-state index < -0.39 is 5.82 Å². The summed E-state index contributed by atoms with van der Waals surface area (Å²) in [5.41, 5.74) is 7.38. The van der Waals surface area contributed by atoms with Gasteiger partial charge < -0.3 is 15.4 Å². The van der Waals surface area contributed by atoms with Crippen LogP contribution in [-0.2, 0) is 0 Å². The van der Waals surface area contributed by atoms with Crippen molar-refractivity contribution in [2.24, 2.45) is 0 Å². The number of piperazine rings is 1. The molecule has 1 unspecified atom stereocenters. The van der Waals surface area contributed by atoms with E-state index in [2.05, 4.69) is 9.80 Å². The fourth-order valence-electron chi connectivity index (χ4n) is 3.36. The molecule has 0 bridgehead atoms. The molecule has 2 heterocycles. The van der Waals surface area contributed by atoms with Gasteiger partial charge in [-0.05, 0) is 19.4 Å². The summed E-state index contributed by atoms with van der Waals surface area (Å²) < 4.78 is 18.7. The molecule has 0 radical (unpaired) electrons. The van der Waals surface area contributed by atoms with E-state index in [0.29, 0.717) is 11.7 Å². The normalized spacial score (nSPS) is 23.5. The summed E-state index contributed by atoms with van der Waals surface area (Å²) in [5.74, 6) is -0.134. The number of piperidine rings is 1. The molecule has 110 valence electrons. The van der Waals surface area contributed by atoms with E-state index in [1.54, 1.807) is 6.07 Å². The van der Waals surface area contributed by atoms with E-state index in [0.717, 1.165) is 25.3 Å². The third-order valence-corrected chi connectivity index (χ3v) is 4.48. The Bertz CT molecular complexity index is 494. The lowest BCUT2D eigenvalue weighted by molar-refractivity contribution is 0.133. The Balaban J connectivity index is 1.82. The molecule has 2 saturated heterocycles. The van der Waals surface area contributed by atoms with Crippen molar-refractivity contribution < 1.29 is 9.13 Å². The number of nitrogens with zero attached hydrogens (tertiary/aromatic N) is 2. The average Bonchev–Trinajstić information content (AvgIpc) is 2.47. The van der Waals surface area contributed by atoms with Crippen LogP contribution in [0.2, 0.25) is 0 Å². The molecule has 5 heteroatoms. The number of ether oxygens (including phenoxy) is 1. The third-order valence-electron chi connectivity index (χ3n) is 4.48. The fourth-order valence-corrected chi connectivity index (χ4v) is 3.36. The summed E-state index contributed by atoms with van der Waals surface area (Å²) in [4.78, 5) is 4.83. The number of nitrogen functional groups attached to an aromatic ring is 1.